The Balaban J connectivity index is 1.53. The van der Waals surface area contributed by atoms with E-state index in [0.29, 0.717) is 24.8 Å². The van der Waals surface area contributed by atoms with Crippen molar-refractivity contribution >= 4 is 11.6 Å². The Morgan fingerprint density at radius 3 is 2.25 bits per heavy atom. The summed E-state index contributed by atoms with van der Waals surface area (Å²) in [6, 6.07) is 15.2. The fraction of sp³-hybridized carbons (Fsp3) is 0.350. The van der Waals surface area contributed by atoms with Crippen LogP contribution in [0.1, 0.15) is 47.2 Å². The molecule has 1 saturated carbocycles. The quantitative estimate of drug-likeness (QED) is 0.848. The molecule has 0 aliphatic heterocycles. The highest BCUT2D eigenvalue weighted by Crippen LogP contribution is 2.22. The summed E-state index contributed by atoms with van der Waals surface area (Å²) in [6.07, 6.45) is 5.33. The topological polar surface area (TPSA) is 64.4 Å². The maximum atomic E-state index is 12.2. The predicted octanol–water partition coefficient (Wildman–Crippen LogP) is 3.86. The highest BCUT2D eigenvalue weighted by atomic mass is 16.5. The van der Waals surface area contributed by atoms with Gasteiger partial charge in [0.2, 0.25) is 0 Å². The molecule has 1 aliphatic rings. The zero-order chi connectivity index (χ0) is 16.8. The van der Waals surface area contributed by atoms with Crippen LogP contribution in [0.5, 0.6) is 0 Å². The van der Waals surface area contributed by atoms with Crippen LogP contribution < -0.4 is 11.1 Å². The first-order chi connectivity index (χ1) is 11.7. The summed E-state index contributed by atoms with van der Waals surface area (Å²) >= 11 is 0. The van der Waals surface area contributed by atoms with Crippen molar-refractivity contribution in [2.24, 2.45) is 5.73 Å². The van der Waals surface area contributed by atoms with Gasteiger partial charge in [0.05, 0.1) is 12.7 Å². The number of anilines is 1. The van der Waals surface area contributed by atoms with E-state index < -0.39 is 0 Å². The van der Waals surface area contributed by atoms with Gasteiger partial charge in [0.25, 0.3) is 5.91 Å². The fourth-order valence-electron chi connectivity index (χ4n) is 2.95. The van der Waals surface area contributed by atoms with E-state index in [-0.39, 0.29) is 5.91 Å². The molecule has 1 amide bonds. The zero-order valence-corrected chi connectivity index (χ0v) is 13.8. The Morgan fingerprint density at radius 1 is 1.00 bits per heavy atom. The summed E-state index contributed by atoms with van der Waals surface area (Å²) in [5.41, 5.74) is 9.12. The lowest BCUT2D eigenvalue weighted by atomic mass is 10.1. The molecule has 0 aromatic heterocycles. The Kier molecular flexibility index (Phi) is 5.62. The van der Waals surface area contributed by atoms with Gasteiger partial charge in [-0.2, -0.15) is 0 Å². The third-order valence-electron chi connectivity index (χ3n) is 4.45. The smallest absolute Gasteiger partial charge is 0.255 e. The highest BCUT2D eigenvalue weighted by molar-refractivity contribution is 6.04. The maximum absolute atomic E-state index is 12.2. The van der Waals surface area contributed by atoms with Crippen LogP contribution in [0.4, 0.5) is 5.69 Å². The molecule has 126 valence electrons. The number of hydrogen-bond donors (Lipinski definition) is 2. The lowest BCUT2D eigenvalue weighted by Gasteiger charge is -2.11. The number of nitrogens with one attached hydrogen (secondary N) is 1. The molecule has 4 nitrogen and oxygen atoms in total. The summed E-state index contributed by atoms with van der Waals surface area (Å²) in [7, 11) is 0. The van der Waals surface area contributed by atoms with Crippen LogP contribution in [0.25, 0.3) is 0 Å². The fourth-order valence-corrected chi connectivity index (χ4v) is 2.95. The molecule has 0 bridgehead atoms. The van der Waals surface area contributed by atoms with Gasteiger partial charge in [-0.3, -0.25) is 4.79 Å². The summed E-state index contributed by atoms with van der Waals surface area (Å²) in [4.78, 5) is 12.2. The van der Waals surface area contributed by atoms with E-state index in [4.69, 9.17) is 10.5 Å². The molecule has 2 aromatic rings. The normalized spacial score (nSPS) is 14.7. The molecule has 0 heterocycles. The summed E-state index contributed by atoms with van der Waals surface area (Å²) in [5, 5.41) is 2.91. The number of carbonyl (C=O) groups excluding carboxylic acids is 1. The Labute approximate surface area is 143 Å². The predicted molar refractivity (Wildman–Crippen MR) is 95.8 cm³/mol. The third kappa shape index (κ3) is 4.43. The van der Waals surface area contributed by atoms with E-state index in [0.717, 1.165) is 16.8 Å². The van der Waals surface area contributed by atoms with Gasteiger partial charge in [-0.1, -0.05) is 37.1 Å². The van der Waals surface area contributed by atoms with Crippen LogP contribution in [0, 0.1) is 0 Å². The van der Waals surface area contributed by atoms with Crippen LogP contribution in [0.15, 0.2) is 48.5 Å². The molecule has 0 radical (unpaired) electrons. The SMILES string of the molecule is NCc1ccc(C(=O)Nc2ccc(COC3CCCC3)cc2)cc1. The van der Waals surface area contributed by atoms with Gasteiger partial charge in [-0.25, -0.2) is 0 Å². The molecule has 2 aromatic carbocycles. The van der Waals surface area contributed by atoms with Crippen LogP contribution in [-0.2, 0) is 17.9 Å². The Bertz CT molecular complexity index is 659. The van der Waals surface area contributed by atoms with Crippen molar-refractivity contribution in [1.82, 2.24) is 0 Å². The van der Waals surface area contributed by atoms with Crippen LogP contribution in [0.2, 0.25) is 0 Å². The first-order valence-electron chi connectivity index (χ1n) is 8.55. The molecule has 1 aliphatic carbocycles. The molecule has 0 spiro atoms. The number of ether oxygens (including phenoxy) is 1. The minimum Gasteiger partial charge on any atom is -0.374 e. The standard InChI is InChI=1S/C20H24N2O2/c21-13-15-5-9-17(10-6-15)20(23)22-18-11-7-16(8-12-18)14-24-19-3-1-2-4-19/h5-12,19H,1-4,13-14,21H2,(H,22,23). The minimum atomic E-state index is -0.117. The second kappa shape index (κ2) is 8.08. The van der Waals surface area contributed by atoms with E-state index in [9.17, 15) is 4.79 Å². The first kappa shape index (κ1) is 16.7. The van der Waals surface area contributed by atoms with Gasteiger partial charge in [0, 0.05) is 17.8 Å². The zero-order valence-electron chi connectivity index (χ0n) is 13.8. The number of nitrogens with two attached hydrogens (primary N) is 1. The first-order valence-corrected chi connectivity index (χ1v) is 8.55. The van der Waals surface area contributed by atoms with E-state index in [1.165, 1.54) is 25.7 Å². The number of amides is 1. The Morgan fingerprint density at radius 2 is 1.62 bits per heavy atom. The van der Waals surface area contributed by atoms with E-state index in [2.05, 4.69) is 5.32 Å². The van der Waals surface area contributed by atoms with E-state index in [1.54, 1.807) is 12.1 Å². The van der Waals surface area contributed by atoms with Crippen molar-refractivity contribution in [3.63, 3.8) is 0 Å². The van der Waals surface area contributed by atoms with Gasteiger partial charge < -0.3 is 15.8 Å². The van der Waals surface area contributed by atoms with Crippen molar-refractivity contribution in [3.8, 4) is 0 Å². The average Bonchev–Trinajstić information content (AvgIpc) is 3.15. The van der Waals surface area contributed by atoms with Gasteiger partial charge in [-0.05, 0) is 48.2 Å². The lowest BCUT2D eigenvalue weighted by molar-refractivity contribution is 0.0457. The van der Waals surface area contributed by atoms with Gasteiger partial charge in [0.1, 0.15) is 0 Å². The summed E-state index contributed by atoms with van der Waals surface area (Å²) in [5.74, 6) is -0.117. The van der Waals surface area contributed by atoms with Crippen molar-refractivity contribution in [2.75, 3.05) is 5.32 Å². The largest absolute Gasteiger partial charge is 0.374 e. The molecular formula is C20H24N2O2. The van der Waals surface area contributed by atoms with Crippen LogP contribution in [0.3, 0.4) is 0 Å². The number of hydrogen-bond acceptors (Lipinski definition) is 3. The van der Waals surface area contributed by atoms with Crippen molar-refractivity contribution in [2.45, 2.75) is 44.9 Å². The van der Waals surface area contributed by atoms with E-state index >= 15 is 0 Å². The summed E-state index contributed by atoms with van der Waals surface area (Å²) < 4.78 is 5.90. The van der Waals surface area contributed by atoms with Crippen molar-refractivity contribution in [1.29, 1.82) is 0 Å². The van der Waals surface area contributed by atoms with Crippen LogP contribution >= 0.6 is 0 Å². The third-order valence-corrected chi connectivity index (χ3v) is 4.45. The molecule has 3 N–H and O–H groups in total. The Hall–Kier alpha value is -2.17. The van der Waals surface area contributed by atoms with Crippen LogP contribution in [-0.4, -0.2) is 12.0 Å². The molecule has 0 unspecified atom stereocenters. The monoisotopic (exact) mass is 324 g/mol. The lowest BCUT2D eigenvalue weighted by Crippen LogP contribution is -2.12. The molecule has 1 fully saturated rings. The second-order valence-corrected chi connectivity index (χ2v) is 6.27. The molecule has 24 heavy (non-hydrogen) atoms. The van der Waals surface area contributed by atoms with E-state index in [1.807, 2.05) is 36.4 Å². The maximum Gasteiger partial charge on any atom is 0.255 e. The number of benzene rings is 2. The molecule has 3 rings (SSSR count). The number of carbonyl (C=O) groups is 1. The average molecular weight is 324 g/mol. The second-order valence-electron chi connectivity index (χ2n) is 6.27. The number of rotatable bonds is 6. The van der Waals surface area contributed by atoms with Gasteiger partial charge in [0.15, 0.2) is 0 Å². The molecule has 0 atom stereocenters. The summed E-state index contributed by atoms with van der Waals surface area (Å²) in [6.45, 7) is 1.12. The molecular weight excluding hydrogens is 300 g/mol. The van der Waals surface area contributed by atoms with Gasteiger partial charge in [-0.15, -0.1) is 0 Å². The van der Waals surface area contributed by atoms with Crippen molar-refractivity contribution in [3.05, 3.63) is 65.2 Å². The molecule has 4 heteroatoms. The van der Waals surface area contributed by atoms with Crippen molar-refractivity contribution < 1.29 is 9.53 Å². The van der Waals surface area contributed by atoms with Gasteiger partial charge >= 0.3 is 0 Å². The highest BCUT2D eigenvalue weighted by Gasteiger charge is 2.15. The molecule has 0 saturated heterocycles. The minimum absolute atomic E-state index is 0.117.